The summed E-state index contributed by atoms with van der Waals surface area (Å²) in [5.41, 5.74) is -0.129. The van der Waals surface area contributed by atoms with Crippen molar-refractivity contribution in [1.29, 1.82) is 0 Å². The molecule has 0 spiro atoms. The van der Waals surface area contributed by atoms with Gasteiger partial charge in [-0.1, -0.05) is 17.7 Å². The number of rotatable bonds is 5. The van der Waals surface area contributed by atoms with E-state index >= 15 is 0 Å². The van der Waals surface area contributed by atoms with Crippen molar-refractivity contribution in [2.75, 3.05) is 13.8 Å². The number of nitrogens with zero attached hydrogens (tertiary/aromatic N) is 2. The maximum Gasteiger partial charge on any atom is 0.267 e. The summed E-state index contributed by atoms with van der Waals surface area (Å²) in [6, 6.07) is 7.89. The smallest absolute Gasteiger partial charge is 0.267 e. The van der Waals surface area contributed by atoms with Gasteiger partial charge in [-0.3, -0.25) is 4.31 Å². The highest BCUT2D eigenvalue weighted by molar-refractivity contribution is 7.89. The van der Waals surface area contributed by atoms with Crippen LogP contribution in [0.3, 0.4) is 0 Å². The summed E-state index contributed by atoms with van der Waals surface area (Å²) in [6.45, 7) is -0.198. The standard InChI is InChI=1S/C17H15ClF2N2O3S/c1-25-12-5-6-14(18)17(9-12)26(23,24)22-8-7-21(11-22)10-13-15(19)3-2-4-16(13)20/h2-9H,10-11H2,1H3. The molecule has 0 fully saturated rings. The van der Waals surface area contributed by atoms with Gasteiger partial charge in [-0.25, -0.2) is 17.2 Å². The van der Waals surface area contributed by atoms with Gasteiger partial charge in [0.2, 0.25) is 0 Å². The summed E-state index contributed by atoms with van der Waals surface area (Å²) >= 11 is 6.03. The second-order valence-corrected chi connectivity index (χ2v) is 7.84. The van der Waals surface area contributed by atoms with Gasteiger partial charge in [0.1, 0.15) is 28.9 Å². The second-order valence-electron chi connectivity index (χ2n) is 5.58. The van der Waals surface area contributed by atoms with Crippen LogP contribution < -0.4 is 4.74 Å². The maximum atomic E-state index is 13.8. The Morgan fingerprint density at radius 3 is 2.50 bits per heavy atom. The van der Waals surface area contributed by atoms with E-state index in [2.05, 4.69) is 0 Å². The van der Waals surface area contributed by atoms with Crippen molar-refractivity contribution in [3.05, 3.63) is 71.0 Å². The Hall–Kier alpha value is -2.32. The molecule has 0 amide bonds. The molecule has 0 saturated heterocycles. The molecule has 9 heteroatoms. The van der Waals surface area contributed by atoms with Crippen molar-refractivity contribution in [3.8, 4) is 5.75 Å². The largest absolute Gasteiger partial charge is 0.497 e. The fourth-order valence-electron chi connectivity index (χ4n) is 2.52. The molecule has 3 rings (SSSR count). The van der Waals surface area contributed by atoms with Crippen LogP contribution in [0, 0.1) is 11.6 Å². The molecule has 1 aliphatic heterocycles. The third kappa shape index (κ3) is 3.47. The zero-order chi connectivity index (χ0) is 18.9. The highest BCUT2D eigenvalue weighted by atomic mass is 35.5. The SMILES string of the molecule is COc1ccc(Cl)c(S(=O)(=O)N2C=CN(Cc3c(F)cccc3F)C2)c1. The third-order valence-electron chi connectivity index (χ3n) is 3.91. The van der Waals surface area contributed by atoms with E-state index in [1.807, 2.05) is 0 Å². The summed E-state index contributed by atoms with van der Waals surface area (Å²) in [5, 5.41) is 0.0535. The predicted molar refractivity (Wildman–Crippen MR) is 92.9 cm³/mol. The summed E-state index contributed by atoms with van der Waals surface area (Å²) < 4.78 is 59.3. The summed E-state index contributed by atoms with van der Waals surface area (Å²) in [5.74, 6) is -1.02. The molecule has 138 valence electrons. The topological polar surface area (TPSA) is 49.9 Å². The van der Waals surface area contributed by atoms with Crippen LogP contribution in [0.15, 0.2) is 53.7 Å². The van der Waals surface area contributed by atoms with Crippen molar-refractivity contribution in [3.63, 3.8) is 0 Å². The molecule has 0 N–H and O–H groups in total. The zero-order valence-corrected chi connectivity index (χ0v) is 15.3. The van der Waals surface area contributed by atoms with Crippen LogP contribution in [0.2, 0.25) is 5.02 Å². The molecule has 0 unspecified atom stereocenters. The van der Waals surface area contributed by atoms with Gasteiger partial charge in [0.25, 0.3) is 10.0 Å². The van der Waals surface area contributed by atoms with E-state index in [0.717, 1.165) is 16.4 Å². The lowest BCUT2D eigenvalue weighted by Gasteiger charge is -2.22. The van der Waals surface area contributed by atoms with Crippen molar-refractivity contribution in [2.24, 2.45) is 0 Å². The van der Waals surface area contributed by atoms with Crippen LogP contribution in [0.5, 0.6) is 5.75 Å². The van der Waals surface area contributed by atoms with Crippen molar-refractivity contribution in [1.82, 2.24) is 9.21 Å². The average molecular weight is 401 g/mol. The minimum absolute atomic E-state index is 0.0535. The Morgan fingerprint density at radius 1 is 1.15 bits per heavy atom. The average Bonchev–Trinajstić information content (AvgIpc) is 3.08. The van der Waals surface area contributed by atoms with Crippen molar-refractivity contribution in [2.45, 2.75) is 11.4 Å². The number of halogens is 3. The molecule has 1 aliphatic rings. The van der Waals surface area contributed by atoms with Crippen LogP contribution in [-0.2, 0) is 16.6 Å². The van der Waals surface area contributed by atoms with Gasteiger partial charge in [-0.2, -0.15) is 0 Å². The Labute approximate surface area is 155 Å². The van der Waals surface area contributed by atoms with Crippen LogP contribution >= 0.6 is 11.6 Å². The van der Waals surface area contributed by atoms with Gasteiger partial charge in [-0.15, -0.1) is 0 Å². The first-order valence-electron chi connectivity index (χ1n) is 7.53. The van der Waals surface area contributed by atoms with Gasteiger partial charge in [0, 0.05) is 24.0 Å². The monoisotopic (exact) mass is 400 g/mol. The molecule has 2 aromatic rings. The molecule has 0 radical (unpaired) electrons. The molecule has 5 nitrogen and oxygen atoms in total. The number of hydrogen-bond donors (Lipinski definition) is 0. The minimum Gasteiger partial charge on any atom is -0.497 e. The quantitative estimate of drug-likeness (QED) is 0.770. The molecule has 0 bridgehead atoms. The van der Waals surface area contributed by atoms with E-state index < -0.39 is 21.7 Å². The fraction of sp³-hybridized carbons (Fsp3) is 0.176. The van der Waals surface area contributed by atoms with Crippen LogP contribution in [0.1, 0.15) is 5.56 Å². The Kier molecular flexibility index (Phi) is 5.06. The fourth-order valence-corrected chi connectivity index (χ4v) is 4.28. The first-order valence-corrected chi connectivity index (χ1v) is 9.35. The van der Waals surface area contributed by atoms with Gasteiger partial charge >= 0.3 is 0 Å². The molecule has 0 aromatic heterocycles. The van der Waals surface area contributed by atoms with E-state index in [9.17, 15) is 17.2 Å². The van der Waals surface area contributed by atoms with Gasteiger partial charge in [-0.05, 0) is 24.3 Å². The highest BCUT2D eigenvalue weighted by Gasteiger charge is 2.29. The number of methoxy groups -OCH3 is 1. The molecular weight excluding hydrogens is 386 g/mol. The van der Waals surface area contributed by atoms with E-state index in [1.54, 1.807) is 6.07 Å². The minimum atomic E-state index is -3.94. The first kappa shape index (κ1) is 18.5. The molecule has 0 saturated carbocycles. The molecule has 1 heterocycles. The lowest BCUT2D eigenvalue weighted by atomic mass is 10.2. The Morgan fingerprint density at radius 2 is 1.85 bits per heavy atom. The third-order valence-corrected chi connectivity index (χ3v) is 6.10. The van der Waals surface area contributed by atoms with E-state index in [0.29, 0.717) is 5.75 Å². The Bertz CT molecular complexity index is 946. The van der Waals surface area contributed by atoms with Gasteiger partial charge in [0.15, 0.2) is 0 Å². The van der Waals surface area contributed by atoms with Crippen LogP contribution in [0.25, 0.3) is 0 Å². The first-order chi connectivity index (χ1) is 12.3. The van der Waals surface area contributed by atoms with E-state index in [4.69, 9.17) is 16.3 Å². The van der Waals surface area contributed by atoms with Crippen LogP contribution in [-0.4, -0.2) is 31.4 Å². The van der Waals surface area contributed by atoms with Gasteiger partial charge < -0.3 is 9.64 Å². The molecule has 26 heavy (non-hydrogen) atoms. The lowest BCUT2D eigenvalue weighted by Crippen LogP contribution is -2.30. The lowest BCUT2D eigenvalue weighted by molar-refractivity contribution is 0.317. The molecule has 2 aromatic carbocycles. The summed E-state index contributed by atoms with van der Waals surface area (Å²) in [4.78, 5) is 1.37. The summed E-state index contributed by atoms with van der Waals surface area (Å²) in [7, 11) is -2.53. The van der Waals surface area contributed by atoms with E-state index in [1.165, 1.54) is 42.6 Å². The molecule has 0 aliphatic carbocycles. The number of hydrogen-bond acceptors (Lipinski definition) is 4. The normalized spacial score (nSPS) is 14.2. The summed E-state index contributed by atoms with van der Waals surface area (Å²) in [6.07, 6.45) is 2.78. The van der Waals surface area contributed by atoms with Gasteiger partial charge in [0.05, 0.1) is 18.7 Å². The predicted octanol–water partition coefficient (Wildman–Crippen LogP) is 3.56. The highest BCUT2D eigenvalue weighted by Crippen LogP contribution is 2.30. The molecule has 0 atom stereocenters. The van der Waals surface area contributed by atoms with Crippen LogP contribution in [0.4, 0.5) is 8.78 Å². The van der Waals surface area contributed by atoms with E-state index in [-0.39, 0.29) is 28.7 Å². The number of ether oxygens (including phenoxy) is 1. The second kappa shape index (κ2) is 7.13. The number of sulfonamides is 1. The number of benzene rings is 2. The van der Waals surface area contributed by atoms with Crippen molar-refractivity contribution < 1.29 is 21.9 Å². The Balaban J connectivity index is 1.81. The zero-order valence-electron chi connectivity index (χ0n) is 13.7. The van der Waals surface area contributed by atoms with Crippen molar-refractivity contribution >= 4 is 21.6 Å². The molecular formula is C17H15ClF2N2O3S. The maximum absolute atomic E-state index is 13.8.